The summed E-state index contributed by atoms with van der Waals surface area (Å²) in [7, 11) is 0. The van der Waals surface area contributed by atoms with E-state index in [9.17, 15) is 9.59 Å². The molecule has 0 spiro atoms. The van der Waals surface area contributed by atoms with Gasteiger partial charge in [0.2, 0.25) is 5.91 Å². The minimum absolute atomic E-state index is 0.136. The lowest BCUT2D eigenvalue weighted by Crippen LogP contribution is -2.24. The highest BCUT2D eigenvalue weighted by atomic mass is 32.2. The van der Waals surface area contributed by atoms with Crippen molar-refractivity contribution in [3.8, 4) is 5.75 Å². The van der Waals surface area contributed by atoms with Gasteiger partial charge in [-0.1, -0.05) is 30.3 Å². The third-order valence-electron chi connectivity index (χ3n) is 3.21. The second-order valence-corrected chi connectivity index (χ2v) is 5.99. The standard InChI is InChI=1S/C18H20N2O3S/c1-2-23-15-9-5-3-7-13(15)11-20-18(22)14-8-4-6-10-16(14)24-12-17(19)21/h3-10H,2,11-12H2,1H3,(H2,19,21)(H,20,22). The second kappa shape index (κ2) is 8.98. The molecular weight excluding hydrogens is 324 g/mol. The zero-order valence-corrected chi connectivity index (χ0v) is 14.3. The SMILES string of the molecule is CCOc1ccccc1CNC(=O)c1ccccc1SCC(N)=O. The van der Waals surface area contributed by atoms with Gasteiger partial charge in [-0.25, -0.2) is 0 Å². The van der Waals surface area contributed by atoms with Gasteiger partial charge < -0.3 is 15.8 Å². The average molecular weight is 344 g/mol. The number of nitrogens with two attached hydrogens (primary N) is 1. The first-order chi connectivity index (χ1) is 11.6. The minimum atomic E-state index is -0.416. The van der Waals surface area contributed by atoms with Crippen molar-refractivity contribution in [1.29, 1.82) is 0 Å². The van der Waals surface area contributed by atoms with Crippen LogP contribution in [0, 0.1) is 0 Å². The van der Waals surface area contributed by atoms with Gasteiger partial charge in [-0.15, -0.1) is 11.8 Å². The van der Waals surface area contributed by atoms with Crippen LogP contribution < -0.4 is 15.8 Å². The number of carbonyl (C=O) groups is 2. The average Bonchev–Trinajstić information content (AvgIpc) is 2.59. The first-order valence-electron chi connectivity index (χ1n) is 7.60. The molecule has 0 saturated carbocycles. The van der Waals surface area contributed by atoms with Crippen molar-refractivity contribution in [2.45, 2.75) is 18.4 Å². The fourth-order valence-corrected chi connectivity index (χ4v) is 2.93. The minimum Gasteiger partial charge on any atom is -0.494 e. The van der Waals surface area contributed by atoms with E-state index in [2.05, 4.69) is 5.32 Å². The molecule has 6 heteroatoms. The van der Waals surface area contributed by atoms with E-state index in [0.29, 0.717) is 18.7 Å². The smallest absolute Gasteiger partial charge is 0.252 e. The quantitative estimate of drug-likeness (QED) is 0.721. The van der Waals surface area contributed by atoms with E-state index >= 15 is 0 Å². The zero-order chi connectivity index (χ0) is 17.4. The molecule has 3 N–H and O–H groups in total. The summed E-state index contributed by atoms with van der Waals surface area (Å²) in [6.07, 6.45) is 0. The maximum atomic E-state index is 12.5. The van der Waals surface area contributed by atoms with Crippen molar-refractivity contribution < 1.29 is 14.3 Å². The molecule has 2 aromatic rings. The topological polar surface area (TPSA) is 81.4 Å². The van der Waals surface area contributed by atoms with Gasteiger partial charge in [0.1, 0.15) is 5.75 Å². The Kier molecular flexibility index (Phi) is 6.69. The van der Waals surface area contributed by atoms with Gasteiger partial charge in [0.15, 0.2) is 0 Å². The third-order valence-corrected chi connectivity index (χ3v) is 4.31. The van der Waals surface area contributed by atoms with Gasteiger partial charge in [0.05, 0.1) is 17.9 Å². The molecule has 0 aliphatic carbocycles. The third kappa shape index (κ3) is 5.03. The van der Waals surface area contributed by atoms with Gasteiger partial charge >= 0.3 is 0 Å². The number of carbonyl (C=O) groups excluding carboxylic acids is 2. The van der Waals surface area contributed by atoms with Crippen molar-refractivity contribution in [2.24, 2.45) is 5.73 Å². The summed E-state index contributed by atoms with van der Waals surface area (Å²) in [5.41, 5.74) is 6.61. The fourth-order valence-electron chi connectivity index (χ4n) is 2.15. The van der Waals surface area contributed by atoms with Crippen LogP contribution in [0.2, 0.25) is 0 Å². The predicted molar refractivity (Wildman–Crippen MR) is 95.1 cm³/mol. The van der Waals surface area contributed by atoms with Crippen LogP contribution in [0.5, 0.6) is 5.75 Å². The summed E-state index contributed by atoms with van der Waals surface area (Å²) in [4.78, 5) is 24.2. The van der Waals surface area contributed by atoms with E-state index in [4.69, 9.17) is 10.5 Å². The number of rotatable bonds is 8. The van der Waals surface area contributed by atoms with Crippen molar-refractivity contribution >= 4 is 23.6 Å². The lowest BCUT2D eigenvalue weighted by Gasteiger charge is -2.12. The van der Waals surface area contributed by atoms with E-state index in [1.807, 2.05) is 37.3 Å². The lowest BCUT2D eigenvalue weighted by atomic mass is 10.1. The summed E-state index contributed by atoms with van der Waals surface area (Å²) >= 11 is 1.26. The Morgan fingerprint density at radius 1 is 1.12 bits per heavy atom. The van der Waals surface area contributed by atoms with Gasteiger partial charge in [0.25, 0.3) is 5.91 Å². The summed E-state index contributed by atoms with van der Waals surface area (Å²) in [5, 5.41) is 2.89. The highest BCUT2D eigenvalue weighted by molar-refractivity contribution is 8.00. The van der Waals surface area contributed by atoms with E-state index in [1.54, 1.807) is 18.2 Å². The van der Waals surface area contributed by atoms with Crippen LogP contribution in [0.4, 0.5) is 0 Å². The molecule has 0 aliphatic rings. The van der Waals surface area contributed by atoms with Crippen molar-refractivity contribution in [3.05, 3.63) is 59.7 Å². The molecule has 0 radical (unpaired) electrons. The van der Waals surface area contributed by atoms with Crippen LogP contribution in [-0.4, -0.2) is 24.2 Å². The van der Waals surface area contributed by atoms with Crippen LogP contribution in [0.1, 0.15) is 22.8 Å². The molecule has 0 bridgehead atoms. The number of benzene rings is 2. The molecule has 5 nitrogen and oxygen atoms in total. The number of ether oxygens (including phenoxy) is 1. The first-order valence-corrected chi connectivity index (χ1v) is 8.59. The van der Waals surface area contributed by atoms with Gasteiger partial charge in [-0.3, -0.25) is 9.59 Å². The molecule has 0 fully saturated rings. The molecule has 0 unspecified atom stereocenters. The number of hydrogen-bond acceptors (Lipinski definition) is 4. The first kappa shape index (κ1) is 17.9. The molecule has 24 heavy (non-hydrogen) atoms. The number of nitrogens with one attached hydrogen (secondary N) is 1. The van der Waals surface area contributed by atoms with E-state index < -0.39 is 5.91 Å². The van der Waals surface area contributed by atoms with Crippen molar-refractivity contribution in [2.75, 3.05) is 12.4 Å². The number of para-hydroxylation sites is 1. The van der Waals surface area contributed by atoms with Gasteiger partial charge in [0, 0.05) is 17.0 Å². The zero-order valence-electron chi connectivity index (χ0n) is 13.5. The molecule has 0 aromatic heterocycles. The molecule has 0 heterocycles. The van der Waals surface area contributed by atoms with Crippen LogP contribution >= 0.6 is 11.8 Å². The van der Waals surface area contributed by atoms with Crippen molar-refractivity contribution in [3.63, 3.8) is 0 Å². The highest BCUT2D eigenvalue weighted by Gasteiger charge is 2.12. The summed E-state index contributed by atoms with van der Waals surface area (Å²) in [6, 6.07) is 14.7. The largest absolute Gasteiger partial charge is 0.494 e. The number of amides is 2. The predicted octanol–water partition coefficient (Wildman–Crippen LogP) is 2.59. The maximum absolute atomic E-state index is 12.5. The Morgan fingerprint density at radius 3 is 2.58 bits per heavy atom. The maximum Gasteiger partial charge on any atom is 0.252 e. The summed E-state index contributed by atoms with van der Waals surface area (Å²) in [6.45, 7) is 2.85. The molecule has 126 valence electrons. The Bertz CT molecular complexity index is 719. The van der Waals surface area contributed by atoms with E-state index in [0.717, 1.165) is 16.2 Å². The molecule has 2 rings (SSSR count). The molecule has 2 amide bonds. The lowest BCUT2D eigenvalue weighted by molar-refractivity contribution is -0.115. The van der Waals surface area contributed by atoms with Gasteiger partial charge in [-0.2, -0.15) is 0 Å². The summed E-state index contributed by atoms with van der Waals surface area (Å²) in [5.74, 6) is 0.281. The van der Waals surface area contributed by atoms with Crippen molar-refractivity contribution in [1.82, 2.24) is 5.32 Å². The van der Waals surface area contributed by atoms with Gasteiger partial charge in [-0.05, 0) is 25.1 Å². The molecular formula is C18H20N2O3S. The Balaban J connectivity index is 2.07. The monoisotopic (exact) mass is 344 g/mol. The Hall–Kier alpha value is -2.47. The fraction of sp³-hybridized carbons (Fsp3) is 0.222. The normalized spacial score (nSPS) is 10.2. The molecule has 0 saturated heterocycles. The van der Waals surface area contributed by atoms with E-state index in [-0.39, 0.29) is 11.7 Å². The Labute approximate surface area is 145 Å². The Morgan fingerprint density at radius 2 is 1.83 bits per heavy atom. The van der Waals surface area contributed by atoms with Crippen LogP contribution in [0.15, 0.2) is 53.4 Å². The number of hydrogen-bond donors (Lipinski definition) is 2. The summed E-state index contributed by atoms with van der Waals surface area (Å²) < 4.78 is 5.56. The van der Waals surface area contributed by atoms with Crippen LogP contribution in [0.3, 0.4) is 0 Å². The number of primary amides is 1. The number of thioether (sulfide) groups is 1. The highest BCUT2D eigenvalue weighted by Crippen LogP contribution is 2.23. The molecule has 0 atom stereocenters. The van der Waals surface area contributed by atoms with Crippen LogP contribution in [-0.2, 0) is 11.3 Å². The second-order valence-electron chi connectivity index (χ2n) is 4.97. The molecule has 2 aromatic carbocycles. The van der Waals surface area contributed by atoms with E-state index in [1.165, 1.54) is 11.8 Å². The van der Waals surface area contributed by atoms with Crippen LogP contribution in [0.25, 0.3) is 0 Å². The molecule has 0 aliphatic heterocycles.